The quantitative estimate of drug-likeness (QED) is 0.661. The summed E-state index contributed by atoms with van der Waals surface area (Å²) in [5.41, 5.74) is 4.67. The zero-order valence-electron chi connectivity index (χ0n) is 14.2. The van der Waals surface area contributed by atoms with Crippen molar-refractivity contribution in [3.8, 4) is 11.3 Å². The van der Waals surface area contributed by atoms with Gasteiger partial charge in [-0.3, -0.25) is 9.48 Å². The number of nitrogen functional groups attached to an aromatic ring is 1. The Bertz CT molecular complexity index is 1040. The van der Waals surface area contributed by atoms with Crippen LogP contribution in [0, 0.1) is 11.6 Å². The molecular weight excluding hydrogens is 385 g/mol. The van der Waals surface area contributed by atoms with Crippen LogP contribution in [0.4, 0.5) is 33.6 Å². The molecule has 0 aliphatic rings. The third-order valence-corrected chi connectivity index (χ3v) is 3.74. The van der Waals surface area contributed by atoms with Crippen molar-refractivity contribution in [3.05, 3.63) is 59.3 Å². The van der Waals surface area contributed by atoms with E-state index in [9.17, 15) is 26.7 Å². The van der Waals surface area contributed by atoms with E-state index in [2.05, 4.69) is 15.4 Å². The Hall–Kier alpha value is -3.50. The van der Waals surface area contributed by atoms with Crippen LogP contribution in [0.2, 0.25) is 0 Å². The fourth-order valence-corrected chi connectivity index (χ4v) is 2.49. The number of carbonyl (C=O) groups is 1. The molecule has 0 bridgehead atoms. The summed E-state index contributed by atoms with van der Waals surface area (Å²) in [4.78, 5) is 16.0. The van der Waals surface area contributed by atoms with Gasteiger partial charge < -0.3 is 11.1 Å². The predicted molar refractivity (Wildman–Crippen MR) is 90.2 cm³/mol. The van der Waals surface area contributed by atoms with Crippen molar-refractivity contribution in [1.29, 1.82) is 0 Å². The zero-order valence-corrected chi connectivity index (χ0v) is 14.2. The minimum atomic E-state index is -4.62. The van der Waals surface area contributed by atoms with Gasteiger partial charge in [-0.05, 0) is 30.3 Å². The lowest BCUT2D eigenvalue weighted by Gasteiger charge is -2.09. The largest absolute Gasteiger partial charge is 0.435 e. The molecule has 0 unspecified atom stereocenters. The molecule has 2 heterocycles. The summed E-state index contributed by atoms with van der Waals surface area (Å²) in [6, 6.07) is 5.75. The molecular formula is C17H12F5N5O. The first-order valence-electron chi connectivity index (χ1n) is 7.70. The van der Waals surface area contributed by atoms with Crippen molar-refractivity contribution < 1.29 is 26.7 Å². The molecule has 28 heavy (non-hydrogen) atoms. The van der Waals surface area contributed by atoms with Gasteiger partial charge in [-0.15, -0.1) is 0 Å². The van der Waals surface area contributed by atoms with E-state index in [0.29, 0.717) is 6.07 Å². The average molecular weight is 397 g/mol. The summed E-state index contributed by atoms with van der Waals surface area (Å²) < 4.78 is 65.8. The standard InChI is InChI=1S/C17H12F5N5O/c1-27-12(7-13(26-27)17(20,21)22)11-2-3-14(24-15(11)23)25-16(28)8-4-9(18)6-10(19)5-8/h2-7H,1H3,(H3,23,24,25,28). The van der Waals surface area contributed by atoms with E-state index in [1.807, 2.05) is 0 Å². The lowest BCUT2D eigenvalue weighted by Crippen LogP contribution is -2.14. The summed E-state index contributed by atoms with van der Waals surface area (Å²) in [6.07, 6.45) is -4.62. The first kappa shape index (κ1) is 19.3. The summed E-state index contributed by atoms with van der Waals surface area (Å²) in [7, 11) is 1.32. The molecule has 146 valence electrons. The zero-order chi connectivity index (χ0) is 20.6. The topological polar surface area (TPSA) is 85.8 Å². The number of hydrogen-bond donors (Lipinski definition) is 2. The molecule has 0 spiro atoms. The minimum Gasteiger partial charge on any atom is -0.383 e. The number of carbonyl (C=O) groups excluding carboxylic acids is 1. The molecule has 0 saturated carbocycles. The highest BCUT2D eigenvalue weighted by molar-refractivity contribution is 6.04. The second-order valence-corrected chi connectivity index (χ2v) is 5.78. The van der Waals surface area contributed by atoms with Crippen LogP contribution in [0.15, 0.2) is 36.4 Å². The molecule has 3 aromatic rings. The smallest absolute Gasteiger partial charge is 0.383 e. The molecule has 3 rings (SSSR count). The SMILES string of the molecule is Cn1nc(C(F)(F)F)cc1-c1ccc(NC(=O)c2cc(F)cc(F)c2)nc1N. The summed E-state index contributed by atoms with van der Waals surface area (Å²) in [6.45, 7) is 0. The third-order valence-electron chi connectivity index (χ3n) is 3.74. The summed E-state index contributed by atoms with van der Waals surface area (Å²) in [5.74, 6) is -2.90. The number of rotatable bonds is 3. The molecule has 0 aliphatic carbocycles. The fourth-order valence-electron chi connectivity index (χ4n) is 2.49. The molecule has 6 nitrogen and oxygen atoms in total. The van der Waals surface area contributed by atoms with Gasteiger partial charge in [-0.1, -0.05) is 0 Å². The monoisotopic (exact) mass is 397 g/mol. The minimum absolute atomic E-state index is 0.0471. The average Bonchev–Trinajstić information content (AvgIpc) is 2.96. The van der Waals surface area contributed by atoms with E-state index < -0.39 is 29.4 Å². The van der Waals surface area contributed by atoms with Gasteiger partial charge in [-0.25, -0.2) is 13.8 Å². The maximum atomic E-state index is 13.2. The van der Waals surface area contributed by atoms with Gasteiger partial charge in [0.2, 0.25) is 0 Å². The lowest BCUT2D eigenvalue weighted by atomic mass is 10.1. The molecule has 0 fully saturated rings. The van der Waals surface area contributed by atoms with Crippen molar-refractivity contribution in [1.82, 2.24) is 14.8 Å². The fraction of sp³-hybridized carbons (Fsp3) is 0.118. The predicted octanol–water partition coefficient (Wildman–Crippen LogP) is 3.61. The van der Waals surface area contributed by atoms with Gasteiger partial charge in [0, 0.05) is 24.2 Å². The normalized spacial score (nSPS) is 11.5. The Morgan fingerprint density at radius 3 is 2.29 bits per heavy atom. The molecule has 0 saturated heterocycles. The molecule has 3 N–H and O–H groups in total. The van der Waals surface area contributed by atoms with Crippen molar-refractivity contribution in [2.45, 2.75) is 6.18 Å². The Kier molecular flexibility index (Phi) is 4.75. The van der Waals surface area contributed by atoms with Crippen LogP contribution < -0.4 is 11.1 Å². The van der Waals surface area contributed by atoms with Crippen LogP contribution in [-0.2, 0) is 13.2 Å². The van der Waals surface area contributed by atoms with Gasteiger partial charge in [-0.2, -0.15) is 18.3 Å². The Balaban J connectivity index is 1.87. The number of aryl methyl sites for hydroxylation is 1. The second-order valence-electron chi connectivity index (χ2n) is 5.78. The first-order chi connectivity index (χ1) is 13.0. The van der Waals surface area contributed by atoms with E-state index in [0.717, 1.165) is 22.9 Å². The van der Waals surface area contributed by atoms with Crippen LogP contribution in [0.1, 0.15) is 16.1 Å². The van der Waals surface area contributed by atoms with Crippen LogP contribution >= 0.6 is 0 Å². The molecule has 1 aromatic carbocycles. The van der Waals surface area contributed by atoms with Gasteiger partial charge in [0.25, 0.3) is 5.91 Å². The number of halogens is 5. The maximum absolute atomic E-state index is 13.2. The van der Waals surface area contributed by atoms with Gasteiger partial charge >= 0.3 is 6.18 Å². The number of alkyl halides is 3. The first-order valence-corrected chi connectivity index (χ1v) is 7.70. The van der Waals surface area contributed by atoms with Crippen molar-refractivity contribution in [3.63, 3.8) is 0 Å². The second kappa shape index (κ2) is 6.91. The number of nitrogens with zero attached hydrogens (tertiary/aromatic N) is 3. The number of nitrogens with two attached hydrogens (primary N) is 1. The van der Waals surface area contributed by atoms with Gasteiger partial charge in [0.05, 0.1) is 5.69 Å². The molecule has 2 aromatic heterocycles. The van der Waals surface area contributed by atoms with E-state index >= 15 is 0 Å². The molecule has 1 amide bonds. The molecule has 11 heteroatoms. The van der Waals surface area contributed by atoms with Gasteiger partial charge in [0.1, 0.15) is 23.3 Å². The van der Waals surface area contributed by atoms with Crippen molar-refractivity contribution in [2.75, 3.05) is 11.1 Å². The van der Waals surface area contributed by atoms with Crippen LogP contribution in [0.5, 0.6) is 0 Å². The number of nitrogens with one attached hydrogen (secondary N) is 1. The van der Waals surface area contributed by atoms with E-state index in [1.54, 1.807) is 0 Å². The van der Waals surface area contributed by atoms with Crippen molar-refractivity contribution in [2.24, 2.45) is 7.05 Å². The van der Waals surface area contributed by atoms with Crippen LogP contribution in [0.25, 0.3) is 11.3 Å². The van der Waals surface area contributed by atoms with E-state index in [4.69, 9.17) is 5.73 Å². The highest BCUT2D eigenvalue weighted by Gasteiger charge is 2.35. The Morgan fingerprint density at radius 1 is 1.11 bits per heavy atom. The number of hydrogen-bond acceptors (Lipinski definition) is 4. The maximum Gasteiger partial charge on any atom is 0.435 e. The van der Waals surface area contributed by atoms with Crippen molar-refractivity contribution >= 4 is 17.5 Å². The highest BCUT2D eigenvalue weighted by Crippen LogP contribution is 2.33. The molecule has 0 radical (unpaired) electrons. The number of benzene rings is 1. The number of amides is 1. The van der Waals surface area contributed by atoms with E-state index in [-0.39, 0.29) is 28.5 Å². The Labute approximate surface area is 154 Å². The Morgan fingerprint density at radius 2 is 1.75 bits per heavy atom. The van der Waals surface area contributed by atoms with Gasteiger partial charge in [0.15, 0.2) is 5.69 Å². The molecule has 0 atom stereocenters. The lowest BCUT2D eigenvalue weighted by molar-refractivity contribution is -0.141. The number of pyridine rings is 1. The number of aromatic nitrogens is 3. The molecule has 0 aliphatic heterocycles. The highest BCUT2D eigenvalue weighted by atomic mass is 19.4. The van der Waals surface area contributed by atoms with Crippen LogP contribution in [0.3, 0.4) is 0 Å². The van der Waals surface area contributed by atoms with Crippen LogP contribution in [-0.4, -0.2) is 20.7 Å². The van der Waals surface area contributed by atoms with E-state index in [1.165, 1.54) is 19.2 Å². The third kappa shape index (κ3) is 3.92. The summed E-state index contributed by atoms with van der Waals surface area (Å²) >= 11 is 0. The summed E-state index contributed by atoms with van der Waals surface area (Å²) in [5, 5.41) is 5.70. The number of anilines is 2.